The van der Waals surface area contributed by atoms with Gasteiger partial charge in [0.25, 0.3) is 0 Å². The van der Waals surface area contributed by atoms with Crippen LogP contribution in [0.15, 0.2) is 34.4 Å². The standard InChI is InChI=1S/C20H30O2/c1-14-6-5-11-20(4)19(22-20)10-8-15(2)12-18-17(9-7-14)16(3)13-21-18/h6,12,18-19H,5,7-11,13H2,1-4H3/b14-6+,15-12+/t18-,19+,20?/m1/s1. The summed E-state index contributed by atoms with van der Waals surface area (Å²) in [4.78, 5) is 0. The molecule has 1 saturated heterocycles. The van der Waals surface area contributed by atoms with Crippen molar-refractivity contribution in [1.29, 1.82) is 0 Å². The fraction of sp³-hybridized carbons (Fsp3) is 0.700. The maximum absolute atomic E-state index is 5.99. The molecule has 0 bridgehead atoms. The summed E-state index contributed by atoms with van der Waals surface area (Å²) in [6.45, 7) is 9.81. The molecular formula is C20H30O2. The predicted molar refractivity (Wildman–Crippen MR) is 90.9 cm³/mol. The van der Waals surface area contributed by atoms with Crippen LogP contribution in [0.5, 0.6) is 0 Å². The summed E-state index contributed by atoms with van der Waals surface area (Å²) >= 11 is 0. The van der Waals surface area contributed by atoms with Gasteiger partial charge in [0.15, 0.2) is 0 Å². The van der Waals surface area contributed by atoms with E-state index in [-0.39, 0.29) is 11.7 Å². The van der Waals surface area contributed by atoms with E-state index >= 15 is 0 Å². The normalized spacial score (nSPS) is 41.6. The van der Waals surface area contributed by atoms with Crippen LogP contribution in [-0.2, 0) is 9.47 Å². The Hall–Kier alpha value is -0.860. The van der Waals surface area contributed by atoms with Crippen LogP contribution in [0, 0.1) is 0 Å². The number of epoxide rings is 1. The number of hydrogen-bond donors (Lipinski definition) is 0. The van der Waals surface area contributed by atoms with E-state index in [1.807, 2.05) is 0 Å². The van der Waals surface area contributed by atoms with Gasteiger partial charge in [-0.3, -0.25) is 0 Å². The highest BCUT2D eigenvalue weighted by atomic mass is 16.6. The first-order chi connectivity index (χ1) is 10.5. The Morgan fingerprint density at radius 2 is 1.91 bits per heavy atom. The number of ether oxygens (including phenoxy) is 2. The molecule has 1 aliphatic carbocycles. The average molecular weight is 302 g/mol. The zero-order chi connectivity index (χ0) is 15.7. The van der Waals surface area contributed by atoms with Crippen molar-refractivity contribution < 1.29 is 9.47 Å². The van der Waals surface area contributed by atoms with Gasteiger partial charge in [-0.1, -0.05) is 23.3 Å². The highest BCUT2D eigenvalue weighted by Crippen LogP contribution is 2.43. The second-order valence-electron chi connectivity index (χ2n) is 7.60. The van der Waals surface area contributed by atoms with Gasteiger partial charge in [0.1, 0.15) is 0 Å². The topological polar surface area (TPSA) is 21.8 Å². The van der Waals surface area contributed by atoms with Crippen molar-refractivity contribution >= 4 is 0 Å². The third-order valence-corrected chi connectivity index (χ3v) is 5.57. The van der Waals surface area contributed by atoms with Gasteiger partial charge in [-0.05, 0) is 77.4 Å². The molecule has 0 N–H and O–H groups in total. The van der Waals surface area contributed by atoms with Crippen LogP contribution in [0.3, 0.4) is 0 Å². The van der Waals surface area contributed by atoms with Gasteiger partial charge in [-0.2, -0.15) is 0 Å². The van der Waals surface area contributed by atoms with Crippen LogP contribution in [0.4, 0.5) is 0 Å². The van der Waals surface area contributed by atoms with E-state index in [1.165, 1.54) is 22.3 Å². The van der Waals surface area contributed by atoms with Crippen LogP contribution in [0.2, 0.25) is 0 Å². The monoisotopic (exact) mass is 302 g/mol. The fourth-order valence-corrected chi connectivity index (χ4v) is 3.77. The Kier molecular flexibility index (Phi) is 4.61. The molecule has 3 rings (SSSR count). The SMILES string of the molecule is CC1=C2CC/C(C)=C/CCC3(C)O[C@H]3CC/C(C)=C/[C@H]2OC1. The summed E-state index contributed by atoms with van der Waals surface area (Å²) in [7, 11) is 0. The Balaban J connectivity index is 1.76. The van der Waals surface area contributed by atoms with Gasteiger partial charge in [-0.15, -0.1) is 0 Å². The first kappa shape index (κ1) is 16.0. The average Bonchev–Trinajstić information content (AvgIpc) is 2.98. The first-order valence-electron chi connectivity index (χ1n) is 8.79. The van der Waals surface area contributed by atoms with Crippen LogP contribution in [0.25, 0.3) is 0 Å². The molecule has 0 radical (unpaired) electrons. The van der Waals surface area contributed by atoms with Crippen molar-refractivity contribution in [2.45, 2.75) is 84.0 Å². The molecule has 122 valence electrons. The van der Waals surface area contributed by atoms with Crippen molar-refractivity contribution in [3.63, 3.8) is 0 Å². The van der Waals surface area contributed by atoms with E-state index in [0.717, 1.165) is 45.1 Å². The molecule has 3 atom stereocenters. The molecule has 3 aliphatic rings. The molecule has 2 heteroatoms. The third kappa shape index (κ3) is 3.55. The lowest BCUT2D eigenvalue weighted by Crippen LogP contribution is -2.11. The van der Waals surface area contributed by atoms with Gasteiger partial charge < -0.3 is 9.47 Å². The second kappa shape index (κ2) is 6.33. The van der Waals surface area contributed by atoms with Gasteiger partial charge in [0.05, 0.1) is 24.4 Å². The summed E-state index contributed by atoms with van der Waals surface area (Å²) in [5, 5.41) is 0. The fourth-order valence-electron chi connectivity index (χ4n) is 3.77. The second-order valence-corrected chi connectivity index (χ2v) is 7.60. The molecule has 1 fully saturated rings. The summed E-state index contributed by atoms with van der Waals surface area (Å²) < 4.78 is 12.0. The van der Waals surface area contributed by atoms with Crippen molar-refractivity contribution in [2.24, 2.45) is 0 Å². The van der Waals surface area contributed by atoms with Crippen LogP contribution >= 0.6 is 0 Å². The number of fused-ring (bicyclic) bond motifs is 2. The van der Waals surface area contributed by atoms with Gasteiger partial charge in [0.2, 0.25) is 0 Å². The minimum atomic E-state index is 0.132. The van der Waals surface area contributed by atoms with E-state index in [1.54, 1.807) is 0 Å². The van der Waals surface area contributed by atoms with Crippen LogP contribution in [-0.4, -0.2) is 24.4 Å². The number of allylic oxidation sites excluding steroid dienone is 3. The molecule has 0 amide bonds. The van der Waals surface area contributed by atoms with Crippen molar-refractivity contribution in [3.8, 4) is 0 Å². The van der Waals surface area contributed by atoms with E-state index in [2.05, 4.69) is 39.8 Å². The highest BCUT2D eigenvalue weighted by Gasteiger charge is 2.50. The molecule has 0 aromatic rings. The zero-order valence-corrected chi connectivity index (χ0v) is 14.6. The summed E-state index contributed by atoms with van der Waals surface area (Å²) in [5.74, 6) is 0. The van der Waals surface area contributed by atoms with E-state index in [4.69, 9.17) is 9.47 Å². The number of hydrogen-bond acceptors (Lipinski definition) is 2. The first-order valence-corrected chi connectivity index (χ1v) is 8.79. The lowest BCUT2D eigenvalue weighted by Gasteiger charge is -2.14. The number of rotatable bonds is 0. The lowest BCUT2D eigenvalue weighted by atomic mass is 9.93. The Morgan fingerprint density at radius 1 is 1.09 bits per heavy atom. The smallest absolute Gasteiger partial charge is 0.0977 e. The van der Waals surface area contributed by atoms with Crippen molar-refractivity contribution in [3.05, 3.63) is 34.4 Å². The molecule has 0 spiro atoms. The van der Waals surface area contributed by atoms with Gasteiger partial charge in [-0.25, -0.2) is 0 Å². The predicted octanol–water partition coefficient (Wildman–Crippen LogP) is 5.11. The highest BCUT2D eigenvalue weighted by molar-refractivity contribution is 5.29. The molecule has 0 saturated carbocycles. The summed E-state index contributed by atoms with van der Waals surface area (Å²) in [5.41, 5.74) is 6.03. The quantitative estimate of drug-likeness (QED) is 0.458. The molecule has 22 heavy (non-hydrogen) atoms. The maximum Gasteiger partial charge on any atom is 0.0977 e. The largest absolute Gasteiger partial charge is 0.366 e. The Morgan fingerprint density at radius 3 is 2.73 bits per heavy atom. The molecule has 1 unspecified atom stereocenters. The Labute approximate surface area is 135 Å². The molecule has 2 heterocycles. The molecular weight excluding hydrogens is 272 g/mol. The van der Waals surface area contributed by atoms with Crippen molar-refractivity contribution in [2.75, 3.05) is 6.61 Å². The maximum atomic E-state index is 5.99. The lowest BCUT2D eigenvalue weighted by molar-refractivity contribution is 0.150. The Bertz CT molecular complexity index is 526. The minimum absolute atomic E-state index is 0.132. The van der Waals surface area contributed by atoms with Crippen LogP contribution < -0.4 is 0 Å². The van der Waals surface area contributed by atoms with Gasteiger partial charge in [0, 0.05) is 0 Å². The zero-order valence-electron chi connectivity index (χ0n) is 14.6. The third-order valence-electron chi connectivity index (χ3n) is 5.57. The molecule has 0 aromatic heterocycles. The van der Waals surface area contributed by atoms with E-state index in [9.17, 15) is 0 Å². The summed E-state index contributed by atoms with van der Waals surface area (Å²) in [6, 6.07) is 0. The molecule has 2 aliphatic heterocycles. The van der Waals surface area contributed by atoms with Crippen molar-refractivity contribution in [1.82, 2.24) is 0 Å². The summed E-state index contributed by atoms with van der Waals surface area (Å²) in [6.07, 6.45) is 12.3. The van der Waals surface area contributed by atoms with Crippen LogP contribution in [0.1, 0.15) is 66.2 Å². The van der Waals surface area contributed by atoms with E-state index in [0.29, 0.717) is 6.10 Å². The molecule has 2 nitrogen and oxygen atoms in total. The van der Waals surface area contributed by atoms with Gasteiger partial charge >= 0.3 is 0 Å². The minimum Gasteiger partial charge on any atom is -0.366 e. The van der Waals surface area contributed by atoms with E-state index < -0.39 is 0 Å². The molecule has 0 aromatic carbocycles.